The number of hydrogen-bond acceptors (Lipinski definition) is 3. The first-order chi connectivity index (χ1) is 12.6. The summed E-state index contributed by atoms with van der Waals surface area (Å²) < 4.78 is 0. The maximum absolute atomic E-state index is 12.3. The lowest BCUT2D eigenvalue weighted by atomic mass is 10.0. The topological polar surface area (TPSA) is 77.8 Å². The summed E-state index contributed by atoms with van der Waals surface area (Å²) in [6, 6.07) is 13.7. The maximum Gasteiger partial charge on any atom is 0.323 e. The highest BCUT2D eigenvalue weighted by molar-refractivity contribution is 5.98. The number of aryl methyl sites for hydroxylation is 1. The fourth-order valence-corrected chi connectivity index (χ4v) is 3.12. The zero-order valence-corrected chi connectivity index (χ0v) is 15.1. The quantitative estimate of drug-likeness (QED) is 0.409. The van der Waals surface area contributed by atoms with Crippen molar-refractivity contribution in [3.63, 3.8) is 0 Å². The maximum atomic E-state index is 12.3. The zero-order chi connectivity index (χ0) is 18.4. The number of ketones is 1. The molecule has 1 heterocycles. The van der Waals surface area contributed by atoms with Crippen LogP contribution in [0, 0.1) is 6.92 Å². The van der Waals surface area contributed by atoms with Crippen LogP contribution < -0.4 is 11.0 Å². The van der Waals surface area contributed by atoms with E-state index in [2.05, 4.69) is 46.5 Å². The molecule has 0 bridgehead atoms. The molecule has 26 heavy (non-hydrogen) atoms. The minimum Gasteiger partial charge on any atom is -0.316 e. The van der Waals surface area contributed by atoms with E-state index in [0.29, 0.717) is 17.5 Å². The molecule has 0 aliphatic heterocycles. The normalized spacial score (nSPS) is 11.1. The van der Waals surface area contributed by atoms with E-state index in [1.54, 1.807) is 18.2 Å². The van der Waals surface area contributed by atoms with Crippen LogP contribution >= 0.6 is 0 Å². The SMILES string of the molecule is Cc1ccccc1CCNCCCCC(=O)c1ccc2[nH]c(=O)[nH]c2c1. The summed E-state index contributed by atoms with van der Waals surface area (Å²) in [5.74, 6) is 0.119. The van der Waals surface area contributed by atoms with Crippen molar-refractivity contribution in [2.75, 3.05) is 13.1 Å². The van der Waals surface area contributed by atoms with Crippen LogP contribution in [-0.4, -0.2) is 28.8 Å². The highest BCUT2D eigenvalue weighted by Gasteiger charge is 2.07. The van der Waals surface area contributed by atoms with E-state index in [-0.39, 0.29) is 11.5 Å². The third kappa shape index (κ3) is 4.70. The number of unbranched alkanes of at least 4 members (excludes halogenated alkanes) is 1. The van der Waals surface area contributed by atoms with E-state index in [4.69, 9.17) is 0 Å². The molecule has 1 aromatic heterocycles. The molecule has 3 aromatic rings. The summed E-state index contributed by atoms with van der Waals surface area (Å²) in [6.07, 6.45) is 3.39. The largest absolute Gasteiger partial charge is 0.323 e. The Morgan fingerprint density at radius 3 is 2.65 bits per heavy atom. The van der Waals surface area contributed by atoms with Gasteiger partial charge in [0.25, 0.3) is 0 Å². The Hall–Kier alpha value is -2.66. The lowest BCUT2D eigenvalue weighted by Gasteiger charge is -2.07. The van der Waals surface area contributed by atoms with Crippen LogP contribution in [-0.2, 0) is 6.42 Å². The summed E-state index contributed by atoms with van der Waals surface area (Å²) in [4.78, 5) is 28.9. The predicted molar refractivity (Wildman–Crippen MR) is 105 cm³/mol. The predicted octanol–water partition coefficient (Wildman–Crippen LogP) is 3.35. The molecule has 0 fully saturated rings. The van der Waals surface area contributed by atoms with Gasteiger partial charge in [0.1, 0.15) is 0 Å². The van der Waals surface area contributed by atoms with Crippen LogP contribution in [0.15, 0.2) is 47.3 Å². The Kier molecular flexibility index (Phi) is 6.02. The van der Waals surface area contributed by atoms with Crippen molar-refractivity contribution in [3.8, 4) is 0 Å². The second-order valence-corrected chi connectivity index (χ2v) is 6.65. The number of Topliss-reactive ketones (excluding diaryl/α,β-unsaturated/α-hetero) is 1. The molecule has 0 radical (unpaired) electrons. The van der Waals surface area contributed by atoms with Crippen LogP contribution in [0.3, 0.4) is 0 Å². The number of rotatable bonds is 9. The molecule has 0 saturated carbocycles. The van der Waals surface area contributed by atoms with Crippen molar-refractivity contribution in [1.82, 2.24) is 15.3 Å². The molecule has 2 aromatic carbocycles. The van der Waals surface area contributed by atoms with Crippen LogP contribution in [0.4, 0.5) is 0 Å². The Labute approximate surface area is 152 Å². The molecule has 3 rings (SSSR count). The first kappa shape index (κ1) is 18.1. The smallest absolute Gasteiger partial charge is 0.316 e. The number of benzene rings is 2. The molecule has 0 aliphatic rings. The van der Waals surface area contributed by atoms with Gasteiger partial charge in [0.2, 0.25) is 0 Å². The number of carbonyl (C=O) groups is 1. The Morgan fingerprint density at radius 2 is 1.81 bits per heavy atom. The molecule has 0 amide bonds. The van der Waals surface area contributed by atoms with Gasteiger partial charge in [-0.05, 0) is 68.6 Å². The Bertz CT molecular complexity index is 940. The average molecular weight is 351 g/mol. The van der Waals surface area contributed by atoms with Crippen molar-refractivity contribution in [2.45, 2.75) is 32.6 Å². The van der Waals surface area contributed by atoms with Gasteiger partial charge in [-0.2, -0.15) is 0 Å². The molecule has 0 saturated heterocycles. The number of aromatic nitrogens is 2. The standard InChI is InChI=1S/C21H25N3O2/c1-15-6-2-3-7-16(15)11-13-22-12-5-4-8-20(25)17-9-10-18-19(14-17)24-21(26)23-18/h2-3,6-7,9-10,14,22H,4-5,8,11-13H2,1H3,(H2,23,24,26). The van der Waals surface area contributed by atoms with E-state index in [9.17, 15) is 9.59 Å². The van der Waals surface area contributed by atoms with Gasteiger partial charge in [-0.1, -0.05) is 24.3 Å². The molecule has 0 atom stereocenters. The second-order valence-electron chi connectivity index (χ2n) is 6.65. The van der Waals surface area contributed by atoms with Gasteiger partial charge in [0.15, 0.2) is 5.78 Å². The fraction of sp³-hybridized carbons (Fsp3) is 0.333. The molecular formula is C21H25N3O2. The van der Waals surface area contributed by atoms with E-state index < -0.39 is 0 Å². The van der Waals surface area contributed by atoms with Gasteiger partial charge in [-0.3, -0.25) is 4.79 Å². The van der Waals surface area contributed by atoms with E-state index in [0.717, 1.165) is 37.9 Å². The summed E-state index contributed by atoms with van der Waals surface area (Å²) in [6.45, 7) is 4.01. The molecule has 0 aliphatic carbocycles. The number of hydrogen-bond donors (Lipinski definition) is 3. The number of fused-ring (bicyclic) bond motifs is 1. The number of aromatic amines is 2. The van der Waals surface area contributed by atoms with E-state index in [1.807, 2.05) is 0 Å². The first-order valence-electron chi connectivity index (χ1n) is 9.14. The van der Waals surface area contributed by atoms with Gasteiger partial charge >= 0.3 is 5.69 Å². The monoisotopic (exact) mass is 351 g/mol. The molecule has 0 unspecified atom stereocenters. The summed E-state index contributed by atoms with van der Waals surface area (Å²) >= 11 is 0. The summed E-state index contributed by atoms with van der Waals surface area (Å²) in [5, 5.41) is 3.45. The number of H-pyrrole nitrogens is 2. The summed E-state index contributed by atoms with van der Waals surface area (Å²) in [7, 11) is 0. The number of nitrogens with one attached hydrogen (secondary N) is 3. The van der Waals surface area contributed by atoms with Gasteiger partial charge in [0.05, 0.1) is 11.0 Å². The van der Waals surface area contributed by atoms with Crippen molar-refractivity contribution in [2.24, 2.45) is 0 Å². The van der Waals surface area contributed by atoms with Crippen LogP contribution in [0.25, 0.3) is 11.0 Å². The van der Waals surface area contributed by atoms with Gasteiger partial charge in [0, 0.05) is 12.0 Å². The van der Waals surface area contributed by atoms with Crippen LogP contribution in [0.5, 0.6) is 0 Å². The van der Waals surface area contributed by atoms with E-state index in [1.165, 1.54) is 11.1 Å². The average Bonchev–Trinajstić information content (AvgIpc) is 3.01. The first-order valence-corrected chi connectivity index (χ1v) is 9.14. The Balaban J connectivity index is 1.36. The van der Waals surface area contributed by atoms with Crippen LogP contribution in [0.2, 0.25) is 0 Å². The van der Waals surface area contributed by atoms with Gasteiger partial charge < -0.3 is 15.3 Å². The Morgan fingerprint density at radius 1 is 1.00 bits per heavy atom. The summed E-state index contributed by atoms with van der Waals surface area (Å²) in [5.41, 5.74) is 4.53. The van der Waals surface area contributed by atoms with Crippen molar-refractivity contribution >= 4 is 16.8 Å². The highest BCUT2D eigenvalue weighted by atomic mass is 16.1. The third-order valence-corrected chi connectivity index (χ3v) is 4.68. The molecule has 0 spiro atoms. The molecule has 5 heteroatoms. The molecule has 136 valence electrons. The number of imidazole rings is 1. The minimum atomic E-state index is -0.249. The lowest BCUT2D eigenvalue weighted by Crippen LogP contribution is -2.19. The zero-order valence-electron chi connectivity index (χ0n) is 15.1. The molecule has 5 nitrogen and oxygen atoms in total. The number of carbonyl (C=O) groups excluding carboxylic acids is 1. The van der Waals surface area contributed by atoms with Gasteiger partial charge in [-0.25, -0.2) is 4.79 Å². The minimum absolute atomic E-state index is 0.119. The van der Waals surface area contributed by atoms with Gasteiger partial charge in [-0.15, -0.1) is 0 Å². The lowest BCUT2D eigenvalue weighted by molar-refractivity contribution is 0.0979. The van der Waals surface area contributed by atoms with Crippen LogP contribution in [0.1, 0.15) is 40.7 Å². The highest BCUT2D eigenvalue weighted by Crippen LogP contribution is 2.13. The fourth-order valence-electron chi connectivity index (χ4n) is 3.12. The second kappa shape index (κ2) is 8.63. The van der Waals surface area contributed by atoms with Crippen molar-refractivity contribution in [3.05, 3.63) is 69.6 Å². The van der Waals surface area contributed by atoms with Crippen molar-refractivity contribution in [1.29, 1.82) is 0 Å². The van der Waals surface area contributed by atoms with E-state index >= 15 is 0 Å². The molecular weight excluding hydrogens is 326 g/mol. The third-order valence-electron chi connectivity index (χ3n) is 4.68. The molecule has 3 N–H and O–H groups in total. The van der Waals surface area contributed by atoms with Crippen molar-refractivity contribution < 1.29 is 4.79 Å².